The van der Waals surface area contributed by atoms with Crippen molar-refractivity contribution in [2.24, 2.45) is 10.9 Å². The average Bonchev–Trinajstić information content (AvgIpc) is 2.91. The zero-order chi connectivity index (χ0) is 14.1. The highest BCUT2D eigenvalue weighted by molar-refractivity contribution is 5.81. The van der Waals surface area contributed by atoms with Crippen LogP contribution in [0.4, 0.5) is 0 Å². The van der Waals surface area contributed by atoms with E-state index in [1.165, 1.54) is 0 Å². The molecule has 0 bridgehead atoms. The molecule has 1 saturated heterocycles. The van der Waals surface area contributed by atoms with Crippen LogP contribution in [0.3, 0.4) is 0 Å². The van der Waals surface area contributed by atoms with Crippen LogP contribution in [0.15, 0.2) is 5.16 Å². The number of methoxy groups -OCH3 is 1. The Balaban J connectivity index is 2.43. The zero-order valence-electron chi connectivity index (χ0n) is 11.4. The molecule has 110 valence electrons. The summed E-state index contributed by atoms with van der Waals surface area (Å²) in [4.78, 5) is 13.8. The highest BCUT2D eigenvalue weighted by Crippen LogP contribution is 2.16. The maximum atomic E-state index is 12.2. The number of oxime groups is 1. The van der Waals surface area contributed by atoms with Gasteiger partial charge in [0.1, 0.15) is 5.84 Å². The number of rotatable bonds is 8. The van der Waals surface area contributed by atoms with E-state index in [0.29, 0.717) is 32.5 Å². The van der Waals surface area contributed by atoms with Crippen LogP contribution in [0.5, 0.6) is 0 Å². The van der Waals surface area contributed by atoms with E-state index >= 15 is 0 Å². The van der Waals surface area contributed by atoms with Gasteiger partial charge in [0.15, 0.2) is 0 Å². The molecule has 0 radical (unpaired) electrons. The van der Waals surface area contributed by atoms with Crippen molar-refractivity contribution >= 4 is 11.7 Å². The third kappa shape index (κ3) is 5.89. The molecule has 0 aromatic heterocycles. The minimum Gasteiger partial charge on any atom is -0.409 e. The maximum Gasteiger partial charge on any atom is 0.225 e. The van der Waals surface area contributed by atoms with Crippen molar-refractivity contribution in [1.29, 1.82) is 0 Å². The van der Waals surface area contributed by atoms with Gasteiger partial charge in [0.2, 0.25) is 5.91 Å². The molecule has 0 aromatic rings. The molecule has 0 saturated carbocycles. The van der Waals surface area contributed by atoms with Crippen molar-refractivity contribution in [3.05, 3.63) is 0 Å². The molecule has 0 aliphatic carbocycles. The first-order valence-electron chi connectivity index (χ1n) is 6.52. The van der Waals surface area contributed by atoms with E-state index in [-0.39, 0.29) is 17.8 Å². The fourth-order valence-corrected chi connectivity index (χ4v) is 1.99. The molecule has 1 amide bonds. The fourth-order valence-electron chi connectivity index (χ4n) is 1.99. The normalized spacial score (nSPS) is 19.6. The molecule has 1 fully saturated rings. The van der Waals surface area contributed by atoms with Crippen LogP contribution >= 0.6 is 0 Å². The Kier molecular flexibility index (Phi) is 7.20. The highest BCUT2D eigenvalue weighted by atomic mass is 16.5. The Hall–Kier alpha value is -1.34. The van der Waals surface area contributed by atoms with Crippen LogP contribution in [-0.2, 0) is 14.3 Å². The Labute approximate surface area is 113 Å². The third-order valence-corrected chi connectivity index (χ3v) is 3.11. The SMILES string of the molecule is COCCN(CCC(N)=NO)C(=O)CC1CCCO1. The van der Waals surface area contributed by atoms with Gasteiger partial charge in [0, 0.05) is 33.2 Å². The van der Waals surface area contributed by atoms with E-state index in [0.717, 1.165) is 19.4 Å². The number of hydrogen-bond acceptors (Lipinski definition) is 5. The number of nitrogens with zero attached hydrogens (tertiary/aromatic N) is 2. The van der Waals surface area contributed by atoms with E-state index in [4.69, 9.17) is 20.4 Å². The molecule has 1 rings (SSSR count). The lowest BCUT2D eigenvalue weighted by Gasteiger charge is -2.23. The van der Waals surface area contributed by atoms with Gasteiger partial charge >= 0.3 is 0 Å². The molecule has 1 aliphatic heterocycles. The van der Waals surface area contributed by atoms with Gasteiger partial charge < -0.3 is 25.3 Å². The van der Waals surface area contributed by atoms with Crippen LogP contribution in [-0.4, -0.2) is 61.4 Å². The van der Waals surface area contributed by atoms with Crippen LogP contribution in [0.1, 0.15) is 25.7 Å². The second-order valence-corrected chi connectivity index (χ2v) is 4.55. The summed E-state index contributed by atoms with van der Waals surface area (Å²) in [6, 6.07) is 0. The summed E-state index contributed by atoms with van der Waals surface area (Å²) in [5, 5.41) is 11.4. The van der Waals surface area contributed by atoms with Crippen molar-refractivity contribution in [2.75, 3.05) is 33.4 Å². The summed E-state index contributed by atoms with van der Waals surface area (Å²) >= 11 is 0. The van der Waals surface area contributed by atoms with Crippen LogP contribution in [0.2, 0.25) is 0 Å². The number of amidine groups is 1. The predicted molar refractivity (Wildman–Crippen MR) is 70.1 cm³/mol. The second-order valence-electron chi connectivity index (χ2n) is 4.55. The molecule has 1 aliphatic rings. The molecule has 7 heteroatoms. The van der Waals surface area contributed by atoms with Crippen LogP contribution < -0.4 is 5.73 Å². The number of hydrogen-bond donors (Lipinski definition) is 2. The van der Waals surface area contributed by atoms with Crippen LogP contribution in [0.25, 0.3) is 0 Å². The zero-order valence-corrected chi connectivity index (χ0v) is 11.4. The topological polar surface area (TPSA) is 97.4 Å². The van der Waals surface area contributed by atoms with Crippen molar-refractivity contribution < 1.29 is 19.5 Å². The molecular weight excluding hydrogens is 250 g/mol. The number of carbonyl (C=O) groups is 1. The first-order valence-corrected chi connectivity index (χ1v) is 6.52. The largest absolute Gasteiger partial charge is 0.409 e. The van der Waals surface area contributed by atoms with Gasteiger partial charge in [0.25, 0.3) is 0 Å². The van der Waals surface area contributed by atoms with Crippen LogP contribution in [0, 0.1) is 0 Å². The summed E-state index contributed by atoms with van der Waals surface area (Å²) in [6.07, 6.45) is 2.71. The van der Waals surface area contributed by atoms with E-state index in [1.54, 1.807) is 12.0 Å². The van der Waals surface area contributed by atoms with Gasteiger partial charge in [-0.15, -0.1) is 0 Å². The van der Waals surface area contributed by atoms with E-state index in [1.807, 2.05) is 0 Å². The Bertz CT molecular complexity index is 303. The molecule has 3 N–H and O–H groups in total. The molecular formula is C12H23N3O4. The van der Waals surface area contributed by atoms with Gasteiger partial charge in [-0.25, -0.2) is 0 Å². The lowest BCUT2D eigenvalue weighted by molar-refractivity contribution is -0.134. The maximum absolute atomic E-state index is 12.2. The standard InChI is InChI=1S/C12H23N3O4/c1-18-8-6-15(5-4-11(13)14-17)12(16)9-10-3-2-7-19-10/h10,17H,2-9H2,1H3,(H2,13,14). The van der Waals surface area contributed by atoms with E-state index in [9.17, 15) is 4.79 Å². The van der Waals surface area contributed by atoms with Gasteiger partial charge in [-0.05, 0) is 12.8 Å². The minimum absolute atomic E-state index is 0.0229. The Morgan fingerprint density at radius 1 is 1.58 bits per heavy atom. The van der Waals surface area contributed by atoms with Crippen molar-refractivity contribution in [2.45, 2.75) is 31.8 Å². The lowest BCUT2D eigenvalue weighted by atomic mass is 10.1. The Morgan fingerprint density at radius 3 is 2.95 bits per heavy atom. The quantitative estimate of drug-likeness (QED) is 0.284. The second kappa shape index (κ2) is 8.71. The molecule has 1 heterocycles. The fraction of sp³-hybridized carbons (Fsp3) is 0.833. The summed E-state index contributed by atoms with van der Waals surface area (Å²) in [5.74, 6) is 0.141. The summed E-state index contributed by atoms with van der Waals surface area (Å²) in [6.45, 7) is 2.12. The van der Waals surface area contributed by atoms with E-state index < -0.39 is 0 Å². The minimum atomic E-state index is 0.0229. The lowest BCUT2D eigenvalue weighted by Crippen LogP contribution is -2.38. The summed E-state index contributed by atoms with van der Waals surface area (Å²) in [5.41, 5.74) is 5.42. The van der Waals surface area contributed by atoms with Gasteiger partial charge in [-0.2, -0.15) is 0 Å². The predicted octanol–water partition coefficient (Wildman–Crippen LogP) is 0.167. The average molecular weight is 273 g/mol. The van der Waals surface area contributed by atoms with Crippen molar-refractivity contribution in [3.63, 3.8) is 0 Å². The molecule has 0 aromatic carbocycles. The van der Waals surface area contributed by atoms with Gasteiger partial charge in [-0.1, -0.05) is 5.16 Å². The molecule has 7 nitrogen and oxygen atoms in total. The van der Waals surface area contributed by atoms with E-state index in [2.05, 4.69) is 5.16 Å². The van der Waals surface area contributed by atoms with Gasteiger partial charge in [0.05, 0.1) is 19.1 Å². The monoisotopic (exact) mass is 273 g/mol. The van der Waals surface area contributed by atoms with Crippen molar-refractivity contribution in [1.82, 2.24) is 4.90 Å². The number of carbonyl (C=O) groups excluding carboxylic acids is 1. The summed E-state index contributed by atoms with van der Waals surface area (Å²) in [7, 11) is 1.59. The number of nitrogens with two attached hydrogens (primary N) is 1. The first-order chi connectivity index (χ1) is 9.17. The molecule has 19 heavy (non-hydrogen) atoms. The first kappa shape index (κ1) is 15.7. The number of ether oxygens (including phenoxy) is 2. The molecule has 1 unspecified atom stereocenters. The third-order valence-electron chi connectivity index (χ3n) is 3.11. The smallest absolute Gasteiger partial charge is 0.225 e. The Morgan fingerprint density at radius 2 is 2.37 bits per heavy atom. The van der Waals surface area contributed by atoms with Crippen molar-refractivity contribution in [3.8, 4) is 0 Å². The molecule has 1 atom stereocenters. The molecule has 0 spiro atoms. The highest BCUT2D eigenvalue weighted by Gasteiger charge is 2.22. The van der Waals surface area contributed by atoms with Gasteiger partial charge in [-0.3, -0.25) is 4.79 Å². The summed E-state index contributed by atoms with van der Waals surface area (Å²) < 4.78 is 10.4. The number of amides is 1.